The van der Waals surface area contributed by atoms with E-state index in [4.69, 9.17) is 0 Å². The monoisotopic (exact) mass is 621 g/mol. The second-order valence-electron chi connectivity index (χ2n) is 13.3. The summed E-state index contributed by atoms with van der Waals surface area (Å²) in [5.41, 5.74) is 15.3. The standard InChI is InChI=1S/C45H35NS/c1-45(2)41-17-8-6-13-37(41)38-28-27-35(29-42(38)45)46(33-23-19-31(20-24-33)30-11-4-3-5-12-30)34-25-21-32(22-26-34)36-15-10-16-40-39-14-7-9-18-43(39)47-44(36)40/h3-8,10-17,19-29H,9,18H2,1-2H3. The van der Waals surface area contributed by atoms with Gasteiger partial charge in [-0.2, -0.15) is 0 Å². The molecule has 1 aromatic heterocycles. The van der Waals surface area contributed by atoms with E-state index in [2.05, 4.69) is 170 Å². The largest absolute Gasteiger partial charge is 0.310 e. The lowest BCUT2D eigenvalue weighted by molar-refractivity contribution is 0.660. The molecule has 7 aromatic rings. The molecule has 226 valence electrons. The lowest BCUT2D eigenvalue weighted by atomic mass is 9.82. The minimum absolute atomic E-state index is 0.0671. The van der Waals surface area contributed by atoms with Crippen LogP contribution in [0.15, 0.2) is 146 Å². The minimum Gasteiger partial charge on any atom is -0.310 e. The van der Waals surface area contributed by atoms with Gasteiger partial charge in [-0.1, -0.05) is 129 Å². The van der Waals surface area contributed by atoms with Crippen molar-refractivity contribution in [2.75, 3.05) is 4.90 Å². The van der Waals surface area contributed by atoms with Gasteiger partial charge in [0.2, 0.25) is 0 Å². The van der Waals surface area contributed by atoms with Crippen molar-refractivity contribution in [2.24, 2.45) is 0 Å². The topological polar surface area (TPSA) is 3.24 Å². The van der Waals surface area contributed by atoms with Gasteiger partial charge in [0.1, 0.15) is 0 Å². The predicted molar refractivity (Wildman–Crippen MR) is 202 cm³/mol. The number of nitrogens with zero attached hydrogens (tertiary/aromatic N) is 1. The van der Waals surface area contributed by atoms with Crippen molar-refractivity contribution in [3.8, 4) is 33.4 Å². The lowest BCUT2D eigenvalue weighted by Gasteiger charge is -2.28. The Bertz CT molecular complexity index is 2300. The first-order valence-electron chi connectivity index (χ1n) is 16.6. The van der Waals surface area contributed by atoms with Crippen LogP contribution in [-0.4, -0.2) is 0 Å². The molecule has 6 aromatic carbocycles. The first-order valence-corrected chi connectivity index (χ1v) is 17.4. The fourth-order valence-electron chi connectivity index (χ4n) is 7.70. The molecule has 0 spiro atoms. The number of thiophene rings is 1. The van der Waals surface area contributed by atoms with Gasteiger partial charge in [0, 0.05) is 37.4 Å². The number of anilines is 3. The van der Waals surface area contributed by atoms with Crippen LogP contribution < -0.4 is 4.90 Å². The molecule has 1 heterocycles. The molecule has 2 heteroatoms. The summed E-state index contributed by atoms with van der Waals surface area (Å²) in [4.78, 5) is 3.92. The zero-order valence-corrected chi connectivity index (χ0v) is 27.5. The molecule has 2 aliphatic rings. The SMILES string of the molecule is CC1(C)c2ccccc2-c2ccc(N(c3ccc(-c4ccccc4)cc3)c3ccc(-c4cccc5c6c(sc45)CCC=C6)cc3)cc21. The van der Waals surface area contributed by atoms with Crippen molar-refractivity contribution in [3.63, 3.8) is 0 Å². The highest BCUT2D eigenvalue weighted by molar-refractivity contribution is 7.20. The van der Waals surface area contributed by atoms with E-state index in [0.717, 1.165) is 24.2 Å². The van der Waals surface area contributed by atoms with E-state index in [-0.39, 0.29) is 5.41 Å². The van der Waals surface area contributed by atoms with Crippen molar-refractivity contribution in [2.45, 2.75) is 32.1 Å². The van der Waals surface area contributed by atoms with Gasteiger partial charge in [0.25, 0.3) is 0 Å². The van der Waals surface area contributed by atoms with E-state index in [0.29, 0.717) is 0 Å². The summed E-state index contributed by atoms with van der Waals surface area (Å²) < 4.78 is 1.39. The quantitative estimate of drug-likeness (QED) is 0.185. The van der Waals surface area contributed by atoms with Crippen LogP contribution in [-0.2, 0) is 11.8 Å². The Hall–Kier alpha value is -5.18. The summed E-state index contributed by atoms with van der Waals surface area (Å²) in [5, 5.41) is 1.38. The van der Waals surface area contributed by atoms with Crippen molar-refractivity contribution in [3.05, 3.63) is 167 Å². The molecule has 0 bridgehead atoms. The number of hydrogen-bond acceptors (Lipinski definition) is 2. The molecule has 0 saturated carbocycles. The zero-order chi connectivity index (χ0) is 31.5. The summed E-state index contributed by atoms with van der Waals surface area (Å²) in [6.45, 7) is 4.71. The Morgan fingerprint density at radius 2 is 1.19 bits per heavy atom. The zero-order valence-electron chi connectivity index (χ0n) is 26.7. The van der Waals surface area contributed by atoms with Gasteiger partial charge in [0.05, 0.1) is 0 Å². The first kappa shape index (κ1) is 28.1. The number of allylic oxidation sites excluding steroid dienone is 1. The highest BCUT2D eigenvalue weighted by Gasteiger charge is 2.35. The molecule has 47 heavy (non-hydrogen) atoms. The van der Waals surface area contributed by atoms with Crippen LogP contribution >= 0.6 is 11.3 Å². The highest BCUT2D eigenvalue weighted by atomic mass is 32.1. The smallest absolute Gasteiger partial charge is 0.0465 e. The first-order chi connectivity index (χ1) is 23.1. The summed E-state index contributed by atoms with van der Waals surface area (Å²) in [6.07, 6.45) is 6.92. The third kappa shape index (κ3) is 4.59. The van der Waals surface area contributed by atoms with Gasteiger partial charge < -0.3 is 4.90 Å². The van der Waals surface area contributed by atoms with E-state index in [1.165, 1.54) is 70.7 Å². The molecule has 0 aliphatic heterocycles. The van der Waals surface area contributed by atoms with Crippen molar-refractivity contribution < 1.29 is 0 Å². The third-order valence-electron chi connectivity index (χ3n) is 10.1. The molecule has 0 atom stereocenters. The average Bonchev–Trinajstić information content (AvgIpc) is 3.62. The van der Waals surface area contributed by atoms with E-state index in [1.807, 2.05) is 11.3 Å². The maximum Gasteiger partial charge on any atom is 0.0465 e. The molecule has 9 rings (SSSR count). The van der Waals surface area contributed by atoms with Crippen LogP contribution in [0.1, 0.15) is 41.8 Å². The molecule has 0 unspecified atom stereocenters. The van der Waals surface area contributed by atoms with E-state index in [9.17, 15) is 0 Å². The molecule has 0 radical (unpaired) electrons. The number of aryl methyl sites for hydroxylation is 1. The van der Waals surface area contributed by atoms with Crippen molar-refractivity contribution >= 4 is 44.6 Å². The Balaban J connectivity index is 1.15. The number of benzene rings is 6. The van der Waals surface area contributed by atoms with Crippen LogP contribution in [0.25, 0.3) is 49.5 Å². The average molecular weight is 622 g/mol. The van der Waals surface area contributed by atoms with Crippen LogP contribution in [0.4, 0.5) is 17.1 Å². The van der Waals surface area contributed by atoms with Crippen LogP contribution in [0.3, 0.4) is 0 Å². The van der Waals surface area contributed by atoms with Crippen molar-refractivity contribution in [1.29, 1.82) is 0 Å². The molecular weight excluding hydrogens is 587 g/mol. The van der Waals surface area contributed by atoms with Gasteiger partial charge >= 0.3 is 0 Å². The molecule has 0 saturated heterocycles. The number of fused-ring (bicyclic) bond motifs is 6. The summed E-state index contributed by atoms with van der Waals surface area (Å²) >= 11 is 1.97. The predicted octanol–water partition coefficient (Wildman–Crippen LogP) is 13.0. The molecule has 0 fully saturated rings. The normalized spacial score (nSPS) is 14.1. The third-order valence-corrected chi connectivity index (χ3v) is 11.5. The van der Waals surface area contributed by atoms with E-state index in [1.54, 1.807) is 0 Å². The fourth-order valence-corrected chi connectivity index (χ4v) is 9.04. The maximum absolute atomic E-state index is 2.42. The molecule has 0 N–H and O–H groups in total. The van der Waals surface area contributed by atoms with E-state index < -0.39 is 0 Å². The Kier molecular flexibility index (Phi) is 6.55. The van der Waals surface area contributed by atoms with Gasteiger partial charge in [0.15, 0.2) is 0 Å². The van der Waals surface area contributed by atoms with E-state index >= 15 is 0 Å². The summed E-state index contributed by atoms with van der Waals surface area (Å²) in [7, 11) is 0. The van der Waals surface area contributed by atoms with Crippen LogP contribution in [0.5, 0.6) is 0 Å². The molecule has 0 amide bonds. The maximum atomic E-state index is 2.42. The second-order valence-corrected chi connectivity index (χ2v) is 14.4. The van der Waals surface area contributed by atoms with Gasteiger partial charge in [-0.25, -0.2) is 0 Å². The Morgan fingerprint density at radius 3 is 1.98 bits per heavy atom. The Labute approximate surface area is 281 Å². The second kappa shape index (κ2) is 11.0. The molecule has 1 nitrogen and oxygen atoms in total. The molecular formula is C45H35NS. The minimum atomic E-state index is -0.0671. The van der Waals surface area contributed by atoms with Gasteiger partial charge in [-0.3, -0.25) is 0 Å². The van der Waals surface area contributed by atoms with Gasteiger partial charge in [-0.05, 0) is 99.3 Å². The summed E-state index contributed by atoms with van der Waals surface area (Å²) in [6, 6.07) is 51.5. The highest BCUT2D eigenvalue weighted by Crippen LogP contribution is 2.51. The summed E-state index contributed by atoms with van der Waals surface area (Å²) in [5.74, 6) is 0. The van der Waals surface area contributed by atoms with Crippen LogP contribution in [0.2, 0.25) is 0 Å². The Morgan fingerprint density at radius 1 is 0.553 bits per heavy atom. The lowest BCUT2D eigenvalue weighted by Crippen LogP contribution is -2.16. The number of hydrogen-bond donors (Lipinski definition) is 0. The molecule has 2 aliphatic carbocycles. The van der Waals surface area contributed by atoms with Crippen LogP contribution in [0, 0.1) is 0 Å². The van der Waals surface area contributed by atoms with Crippen molar-refractivity contribution in [1.82, 2.24) is 0 Å². The fraction of sp³-hybridized carbons (Fsp3) is 0.111. The number of rotatable bonds is 5. The van der Waals surface area contributed by atoms with Gasteiger partial charge in [-0.15, -0.1) is 11.3 Å².